The van der Waals surface area contributed by atoms with Crippen LogP contribution in [-0.4, -0.2) is 16.4 Å². The van der Waals surface area contributed by atoms with E-state index in [4.69, 9.17) is 11.1 Å². The minimum absolute atomic E-state index is 0.139. The van der Waals surface area contributed by atoms with E-state index in [2.05, 4.69) is 41.4 Å². The number of rotatable bonds is 2. The number of fused-ring (bicyclic) bond motifs is 3. The van der Waals surface area contributed by atoms with Crippen molar-refractivity contribution in [2.24, 2.45) is 10.7 Å². The smallest absolute Gasteiger partial charge is 0.207 e. The molecule has 0 radical (unpaired) electrons. The SMILES string of the molecule is N=C(/N=C(\N)n1c2ccccc2c2cc(-c3ccccc3)ccc21)c1ccccc1. The highest BCUT2D eigenvalue weighted by Gasteiger charge is 2.14. The van der Waals surface area contributed by atoms with E-state index in [1.54, 1.807) is 0 Å². The van der Waals surface area contributed by atoms with Crippen LogP contribution in [0.25, 0.3) is 32.9 Å². The summed E-state index contributed by atoms with van der Waals surface area (Å²) in [5.74, 6) is 0.419. The molecule has 0 saturated carbocycles. The number of aromatic nitrogens is 1. The van der Waals surface area contributed by atoms with Gasteiger partial charge in [0.05, 0.1) is 11.0 Å². The predicted octanol–water partition coefficient (Wildman–Crippen LogP) is 5.65. The van der Waals surface area contributed by atoms with Gasteiger partial charge in [-0.25, -0.2) is 0 Å². The summed E-state index contributed by atoms with van der Waals surface area (Å²) in [7, 11) is 0. The molecule has 0 unspecified atom stereocenters. The minimum atomic E-state index is 0.139. The summed E-state index contributed by atoms with van der Waals surface area (Å²) in [5.41, 5.74) is 11.4. The molecule has 5 aromatic rings. The lowest BCUT2D eigenvalue weighted by atomic mass is 10.0. The average molecular weight is 388 g/mol. The zero-order valence-electron chi connectivity index (χ0n) is 16.3. The number of nitrogens with one attached hydrogen (secondary N) is 1. The Hall–Kier alpha value is -4.18. The molecule has 4 aromatic carbocycles. The lowest BCUT2D eigenvalue weighted by Gasteiger charge is -2.08. The molecule has 1 heterocycles. The highest BCUT2D eigenvalue weighted by atomic mass is 15.2. The normalized spacial score (nSPS) is 11.8. The van der Waals surface area contributed by atoms with Crippen molar-refractivity contribution in [3.8, 4) is 11.1 Å². The Morgan fingerprint density at radius 3 is 2.07 bits per heavy atom. The first-order valence-electron chi connectivity index (χ1n) is 9.79. The number of benzene rings is 4. The van der Waals surface area contributed by atoms with Crippen LogP contribution in [0.5, 0.6) is 0 Å². The van der Waals surface area contributed by atoms with Gasteiger partial charge in [-0.3, -0.25) is 9.98 Å². The Kier molecular flexibility index (Phi) is 4.37. The van der Waals surface area contributed by atoms with Crippen LogP contribution in [0, 0.1) is 5.41 Å². The van der Waals surface area contributed by atoms with Gasteiger partial charge in [0, 0.05) is 16.3 Å². The molecule has 144 valence electrons. The third kappa shape index (κ3) is 3.05. The first-order chi connectivity index (χ1) is 14.7. The van der Waals surface area contributed by atoms with E-state index < -0.39 is 0 Å². The van der Waals surface area contributed by atoms with Crippen molar-refractivity contribution in [2.75, 3.05) is 0 Å². The quantitative estimate of drug-likeness (QED) is 0.298. The average Bonchev–Trinajstić information content (AvgIpc) is 3.14. The fraction of sp³-hybridized carbons (Fsp3) is 0. The number of hydrogen-bond acceptors (Lipinski definition) is 1. The van der Waals surface area contributed by atoms with Gasteiger partial charge in [0.2, 0.25) is 5.96 Å². The van der Waals surface area contributed by atoms with Gasteiger partial charge in [-0.05, 0) is 29.3 Å². The molecule has 1 aromatic heterocycles. The summed E-state index contributed by atoms with van der Waals surface area (Å²) < 4.78 is 1.93. The highest BCUT2D eigenvalue weighted by Crippen LogP contribution is 2.32. The van der Waals surface area contributed by atoms with Gasteiger partial charge in [-0.1, -0.05) is 84.9 Å². The maximum absolute atomic E-state index is 8.34. The Labute approximate surface area is 174 Å². The Balaban J connectivity index is 1.70. The number of amidine groups is 1. The van der Waals surface area contributed by atoms with Crippen molar-refractivity contribution in [3.63, 3.8) is 0 Å². The minimum Gasteiger partial charge on any atom is -0.369 e. The molecule has 0 aliphatic heterocycles. The van der Waals surface area contributed by atoms with Crippen LogP contribution in [-0.2, 0) is 0 Å². The molecule has 0 spiro atoms. The Bertz CT molecular complexity index is 1400. The summed E-state index contributed by atoms with van der Waals surface area (Å²) in [5, 5.41) is 10.6. The monoisotopic (exact) mass is 388 g/mol. The molecule has 0 amide bonds. The third-order valence-electron chi connectivity index (χ3n) is 5.28. The molecule has 0 aliphatic rings. The van der Waals surface area contributed by atoms with Gasteiger partial charge in [-0.15, -0.1) is 0 Å². The molecule has 0 aliphatic carbocycles. The lowest BCUT2D eigenvalue weighted by molar-refractivity contribution is 1.22. The maximum Gasteiger partial charge on any atom is 0.207 e. The summed E-state index contributed by atoms with van der Waals surface area (Å²) in [6, 6.07) is 34.3. The van der Waals surface area contributed by atoms with Gasteiger partial charge < -0.3 is 5.73 Å². The fourth-order valence-corrected chi connectivity index (χ4v) is 3.86. The Morgan fingerprint density at radius 1 is 0.667 bits per heavy atom. The summed E-state index contributed by atoms with van der Waals surface area (Å²) in [6.45, 7) is 0. The predicted molar refractivity (Wildman–Crippen MR) is 125 cm³/mol. The fourth-order valence-electron chi connectivity index (χ4n) is 3.86. The van der Waals surface area contributed by atoms with E-state index in [1.165, 1.54) is 5.56 Å². The Morgan fingerprint density at radius 2 is 1.30 bits per heavy atom. The summed E-state index contributed by atoms with van der Waals surface area (Å²) in [4.78, 5) is 4.41. The van der Waals surface area contributed by atoms with Crippen molar-refractivity contribution in [1.82, 2.24) is 4.57 Å². The van der Waals surface area contributed by atoms with Crippen molar-refractivity contribution < 1.29 is 0 Å². The van der Waals surface area contributed by atoms with Crippen molar-refractivity contribution in [3.05, 3.63) is 109 Å². The second-order valence-corrected chi connectivity index (χ2v) is 7.14. The molecule has 0 saturated heterocycles. The molecular weight excluding hydrogens is 368 g/mol. The number of nitrogens with zero attached hydrogens (tertiary/aromatic N) is 2. The van der Waals surface area contributed by atoms with Crippen LogP contribution >= 0.6 is 0 Å². The van der Waals surface area contributed by atoms with Crippen LogP contribution in [0.4, 0.5) is 0 Å². The molecule has 0 atom stereocenters. The van der Waals surface area contributed by atoms with Crippen LogP contribution in [0.3, 0.4) is 0 Å². The first kappa shape index (κ1) is 17.9. The molecule has 30 heavy (non-hydrogen) atoms. The van der Waals surface area contributed by atoms with E-state index in [0.29, 0.717) is 0 Å². The van der Waals surface area contributed by atoms with Gasteiger partial charge in [-0.2, -0.15) is 4.99 Å². The van der Waals surface area contributed by atoms with E-state index in [9.17, 15) is 0 Å². The zero-order chi connectivity index (χ0) is 20.5. The van der Waals surface area contributed by atoms with Crippen molar-refractivity contribution in [1.29, 1.82) is 5.41 Å². The highest BCUT2D eigenvalue weighted by molar-refractivity contribution is 6.16. The molecule has 0 fully saturated rings. The van der Waals surface area contributed by atoms with E-state index >= 15 is 0 Å². The topological polar surface area (TPSA) is 67.2 Å². The molecule has 5 rings (SSSR count). The molecule has 0 bridgehead atoms. The third-order valence-corrected chi connectivity index (χ3v) is 5.28. The van der Waals surface area contributed by atoms with E-state index in [-0.39, 0.29) is 11.8 Å². The van der Waals surface area contributed by atoms with Crippen molar-refractivity contribution in [2.45, 2.75) is 0 Å². The van der Waals surface area contributed by atoms with Gasteiger partial charge in [0.1, 0.15) is 0 Å². The second-order valence-electron chi connectivity index (χ2n) is 7.14. The second kappa shape index (κ2) is 7.33. The van der Waals surface area contributed by atoms with E-state index in [0.717, 1.165) is 32.9 Å². The summed E-state index contributed by atoms with van der Waals surface area (Å²) in [6.07, 6.45) is 0. The largest absolute Gasteiger partial charge is 0.369 e. The standard InChI is InChI=1S/C26H20N4/c27-25(19-11-5-2-6-12-19)29-26(28)30-23-14-8-7-13-21(23)22-17-20(15-16-24(22)30)18-9-3-1-4-10-18/h1-17H,(H3,27,28,29). The molecule has 4 heteroatoms. The number of hydrogen-bond donors (Lipinski definition) is 2. The lowest BCUT2D eigenvalue weighted by Crippen LogP contribution is -2.23. The van der Waals surface area contributed by atoms with Crippen LogP contribution in [0.2, 0.25) is 0 Å². The molecule has 4 nitrogen and oxygen atoms in total. The molecular formula is C26H20N4. The van der Waals surface area contributed by atoms with Crippen LogP contribution in [0.15, 0.2) is 108 Å². The number of nitrogens with two attached hydrogens (primary N) is 1. The number of para-hydroxylation sites is 1. The first-order valence-corrected chi connectivity index (χ1v) is 9.79. The summed E-state index contributed by atoms with van der Waals surface area (Å²) >= 11 is 0. The van der Waals surface area contributed by atoms with Gasteiger partial charge >= 0.3 is 0 Å². The van der Waals surface area contributed by atoms with E-state index in [1.807, 2.05) is 71.3 Å². The molecule has 3 N–H and O–H groups in total. The van der Waals surface area contributed by atoms with Gasteiger partial charge in [0.15, 0.2) is 5.84 Å². The van der Waals surface area contributed by atoms with Gasteiger partial charge in [0.25, 0.3) is 0 Å². The van der Waals surface area contributed by atoms with Crippen molar-refractivity contribution >= 4 is 33.6 Å². The maximum atomic E-state index is 8.34. The number of aliphatic imine (C=N–C) groups is 1. The van der Waals surface area contributed by atoms with Crippen LogP contribution in [0.1, 0.15) is 5.56 Å². The van der Waals surface area contributed by atoms with Crippen LogP contribution < -0.4 is 5.73 Å². The zero-order valence-corrected chi connectivity index (χ0v) is 16.3.